The summed E-state index contributed by atoms with van der Waals surface area (Å²) in [5.41, 5.74) is 2.13. The lowest BCUT2D eigenvalue weighted by atomic mass is 10.1. The van der Waals surface area contributed by atoms with E-state index in [1.807, 2.05) is 30.3 Å². The molecule has 156 valence electrons. The molecule has 2 aromatic rings. The number of hydrogen-bond acceptors (Lipinski definition) is 6. The minimum Gasteiger partial charge on any atom is -0.465 e. The molecule has 1 N–H and O–H groups in total. The van der Waals surface area contributed by atoms with Crippen LogP contribution in [0.1, 0.15) is 22.3 Å². The Labute approximate surface area is 179 Å². The van der Waals surface area contributed by atoms with Gasteiger partial charge >= 0.3 is 5.97 Å². The molecule has 30 heavy (non-hydrogen) atoms. The van der Waals surface area contributed by atoms with Crippen molar-refractivity contribution in [1.82, 2.24) is 10.2 Å². The standard InChI is InChI=1S/C22H23N3O4S/c1-25-19(26)14-18(20(27)23-13-12-15-6-4-3-5-7-15)30-22(25)24-17-10-8-16(9-11-17)21(28)29-2/h3-11,18H,12-14H2,1-2H3,(H,23,27). The average Bonchev–Trinajstić information content (AvgIpc) is 2.77. The summed E-state index contributed by atoms with van der Waals surface area (Å²) < 4.78 is 4.68. The average molecular weight is 426 g/mol. The number of hydrogen-bond donors (Lipinski definition) is 1. The largest absolute Gasteiger partial charge is 0.465 e. The highest BCUT2D eigenvalue weighted by atomic mass is 32.2. The second-order valence-corrected chi connectivity index (χ2v) is 7.89. The molecule has 0 radical (unpaired) electrons. The van der Waals surface area contributed by atoms with Gasteiger partial charge in [0.1, 0.15) is 0 Å². The van der Waals surface area contributed by atoms with Crippen LogP contribution in [0, 0.1) is 0 Å². The second-order valence-electron chi connectivity index (χ2n) is 6.72. The van der Waals surface area contributed by atoms with Crippen LogP contribution in [0.2, 0.25) is 0 Å². The number of methoxy groups -OCH3 is 1. The van der Waals surface area contributed by atoms with Gasteiger partial charge in [-0.15, -0.1) is 0 Å². The zero-order chi connectivity index (χ0) is 21.5. The summed E-state index contributed by atoms with van der Waals surface area (Å²) in [4.78, 5) is 42.4. The minimum absolute atomic E-state index is 0.124. The van der Waals surface area contributed by atoms with Crippen LogP contribution in [-0.4, -0.2) is 53.8 Å². The number of carbonyl (C=O) groups excluding carboxylic acids is 3. The van der Waals surface area contributed by atoms with Gasteiger partial charge in [0.05, 0.1) is 23.6 Å². The molecule has 0 aromatic heterocycles. The van der Waals surface area contributed by atoms with Gasteiger partial charge in [0.15, 0.2) is 5.17 Å². The fourth-order valence-corrected chi connectivity index (χ4v) is 3.98. The predicted molar refractivity (Wildman–Crippen MR) is 117 cm³/mol. The SMILES string of the molecule is COC(=O)c1ccc(N=C2SC(C(=O)NCCc3ccccc3)CC(=O)N2C)cc1. The highest BCUT2D eigenvalue weighted by Gasteiger charge is 2.33. The van der Waals surface area contributed by atoms with Crippen LogP contribution in [-0.2, 0) is 20.7 Å². The molecule has 3 rings (SSSR count). The summed E-state index contributed by atoms with van der Waals surface area (Å²) in [6, 6.07) is 16.4. The molecule has 1 aliphatic heterocycles. The van der Waals surface area contributed by atoms with Crippen LogP contribution >= 0.6 is 11.8 Å². The van der Waals surface area contributed by atoms with Crippen LogP contribution in [0.5, 0.6) is 0 Å². The van der Waals surface area contributed by atoms with E-state index in [1.54, 1.807) is 31.3 Å². The van der Waals surface area contributed by atoms with Gasteiger partial charge in [-0.1, -0.05) is 42.1 Å². The van der Waals surface area contributed by atoms with E-state index < -0.39 is 11.2 Å². The van der Waals surface area contributed by atoms with E-state index >= 15 is 0 Å². The van der Waals surface area contributed by atoms with Crippen LogP contribution in [0.25, 0.3) is 0 Å². The Morgan fingerprint density at radius 3 is 2.53 bits per heavy atom. The Morgan fingerprint density at radius 2 is 1.87 bits per heavy atom. The molecule has 1 heterocycles. The molecular formula is C22H23N3O4S. The van der Waals surface area contributed by atoms with Crippen molar-refractivity contribution in [3.8, 4) is 0 Å². The first-order chi connectivity index (χ1) is 14.5. The monoisotopic (exact) mass is 425 g/mol. The van der Waals surface area contributed by atoms with E-state index in [0.29, 0.717) is 23.0 Å². The predicted octanol–water partition coefficient (Wildman–Crippen LogP) is 2.78. The number of rotatable bonds is 6. The van der Waals surface area contributed by atoms with Crippen molar-refractivity contribution in [3.63, 3.8) is 0 Å². The summed E-state index contributed by atoms with van der Waals surface area (Å²) in [5, 5.41) is 2.82. The number of nitrogens with one attached hydrogen (secondary N) is 1. The number of benzene rings is 2. The fraction of sp³-hybridized carbons (Fsp3) is 0.273. The molecule has 8 heteroatoms. The molecule has 0 aliphatic carbocycles. The number of nitrogens with zero attached hydrogens (tertiary/aromatic N) is 2. The molecule has 7 nitrogen and oxygen atoms in total. The molecular weight excluding hydrogens is 402 g/mol. The molecule has 1 aliphatic rings. The summed E-state index contributed by atoms with van der Waals surface area (Å²) in [5.74, 6) is -0.770. The summed E-state index contributed by atoms with van der Waals surface area (Å²) >= 11 is 1.26. The molecule has 1 fully saturated rings. The zero-order valence-corrected chi connectivity index (χ0v) is 17.6. The van der Waals surface area contributed by atoms with Crippen molar-refractivity contribution in [2.24, 2.45) is 4.99 Å². The minimum atomic E-state index is -0.530. The van der Waals surface area contributed by atoms with Gasteiger partial charge in [-0.05, 0) is 36.2 Å². The third-order valence-corrected chi connectivity index (χ3v) is 5.87. The van der Waals surface area contributed by atoms with Crippen molar-refractivity contribution >= 4 is 40.4 Å². The number of amidine groups is 1. The molecule has 1 saturated heterocycles. The Balaban J connectivity index is 1.64. The fourth-order valence-electron chi connectivity index (χ4n) is 2.89. The summed E-state index contributed by atoms with van der Waals surface area (Å²) in [7, 11) is 2.96. The summed E-state index contributed by atoms with van der Waals surface area (Å²) in [6.45, 7) is 0.505. The van der Waals surface area contributed by atoms with Crippen molar-refractivity contribution in [3.05, 3.63) is 65.7 Å². The highest BCUT2D eigenvalue weighted by molar-refractivity contribution is 8.15. The van der Waals surface area contributed by atoms with Gasteiger partial charge in [-0.2, -0.15) is 0 Å². The maximum Gasteiger partial charge on any atom is 0.337 e. The van der Waals surface area contributed by atoms with E-state index in [-0.39, 0.29) is 18.2 Å². The maximum atomic E-state index is 12.6. The molecule has 1 unspecified atom stereocenters. The molecule has 0 saturated carbocycles. The lowest BCUT2D eigenvalue weighted by Crippen LogP contribution is -2.45. The number of amides is 2. The zero-order valence-electron chi connectivity index (χ0n) is 16.8. The lowest BCUT2D eigenvalue weighted by molar-refractivity contribution is -0.129. The third-order valence-electron chi connectivity index (χ3n) is 4.63. The van der Waals surface area contributed by atoms with E-state index in [0.717, 1.165) is 12.0 Å². The van der Waals surface area contributed by atoms with Crippen molar-refractivity contribution in [1.29, 1.82) is 0 Å². The van der Waals surface area contributed by atoms with Crippen LogP contribution in [0.3, 0.4) is 0 Å². The first-order valence-corrected chi connectivity index (χ1v) is 10.4. The second kappa shape index (κ2) is 10.1. The summed E-state index contributed by atoms with van der Waals surface area (Å²) in [6.07, 6.45) is 0.851. The molecule has 2 aromatic carbocycles. The van der Waals surface area contributed by atoms with E-state index in [2.05, 4.69) is 15.0 Å². The van der Waals surface area contributed by atoms with Crippen molar-refractivity contribution < 1.29 is 19.1 Å². The van der Waals surface area contributed by atoms with Gasteiger partial charge in [-0.3, -0.25) is 14.5 Å². The van der Waals surface area contributed by atoms with Crippen LogP contribution < -0.4 is 5.32 Å². The van der Waals surface area contributed by atoms with Gasteiger partial charge in [-0.25, -0.2) is 9.79 Å². The van der Waals surface area contributed by atoms with Gasteiger partial charge < -0.3 is 10.1 Å². The molecule has 2 amide bonds. The normalized spacial score (nSPS) is 17.7. The van der Waals surface area contributed by atoms with E-state index in [1.165, 1.54) is 23.8 Å². The molecule has 1 atom stereocenters. The highest BCUT2D eigenvalue weighted by Crippen LogP contribution is 2.28. The Morgan fingerprint density at radius 1 is 1.17 bits per heavy atom. The Hall–Kier alpha value is -3.13. The Bertz CT molecular complexity index is 945. The lowest BCUT2D eigenvalue weighted by Gasteiger charge is -2.28. The maximum absolute atomic E-state index is 12.6. The first kappa shape index (κ1) is 21.6. The van der Waals surface area contributed by atoms with Gasteiger partial charge in [0, 0.05) is 20.0 Å². The number of thioether (sulfide) groups is 1. The van der Waals surface area contributed by atoms with Crippen molar-refractivity contribution in [2.45, 2.75) is 18.1 Å². The molecule has 0 bridgehead atoms. The molecule has 0 spiro atoms. The van der Waals surface area contributed by atoms with E-state index in [4.69, 9.17) is 0 Å². The van der Waals surface area contributed by atoms with Gasteiger partial charge in [0.25, 0.3) is 0 Å². The Kier molecular flexibility index (Phi) is 7.24. The number of ether oxygens (including phenoxy) is 1. The quantitative estimate of drug-likeness (QED) is 0.719. The smallest absolute Gasteiger partial charge is 0.337 e. The topological polar surface area (TPSA) is 88.1 Å². The first-order valence-electron chi connectivity index (χ1n) is 9.50. The van der Waals surface area contributed by atoms with Gasteiger partial charge in [0.2, 0.25) is 11.8 Å². The van der Waals surface area contributed by atoms with Crippen molar-refractivity contribution in [2.75, 3.05) is 20.7 Å². The van der Waals surface area contributed by atoms with E-state index in [9.17, 15) is 14.4 Å². The van der Waals surface area contributed by atoms with Crippen LogP contribution in [0.4, 0.5) is 5.69 Å². The number of carbonyl (C=O) groups is 3. The number of aliphatic imine (C=N–C) groups is 1. The van der Waals surface area contributed by atoms with Crippen LogP contribution in [0.15, 0.2) is 59.6 Å². The number of esters is 1. The third kappa shape index (κ3) is 5.48.